The van der Waals surface area contributed by atoms with E-state index in [-0.39, 0.29) is 24.7 Å². The van der Waals surface area contributed by atoms with Crippen molar-refractivity contribution in [1.29, 1.82) is 0 Å². The summed E-state index contributed by atoms with van der Waals surface area (Å²) in [6.07, 6.45) is -1.16. The Hall–Kier alpha value is -2.97. The minimum atomic E-state index is -1.02. The van der Waals surface area contributed by atoms with Gasteiger partial charge in [0.05, 0.1) is 29.4 Å². The molecule has 0 saturated carbocycles. The lowest BCUT2D eigenvalue weighted by molar-refractivity contribution is -0.0957. The molecular formula is C27H26ClN3O4. The summed E-state index contributed by atoms with van der Waals surface area (Å²) in [6.45, 7) is 4.47. The zero-order valence-electron chi connectivity index (χ0n) is 19.4. The second kappa shape index (κ2) is 8.60. The number of fused-ring (bicyclic) bond motifs is 2. The van der Waals surface area contributed by atoms with E-state index in [9.17, 15) is 5.11 Å². The van der Waals surface area contributed by atoms with Gasteiger partial charge in [0.1, 0.15) is 17.8 Å². The number of pyridine rings is 1. The van der Waals surface area contributed by atoms with Crippen molar-refractivity contribution in [3.8, 4) is 28.4 Å². The van der Waals surface area contributed by atoms with Crippen LogP contribution in [0.15, 0.2) is 60.7 Å². The Labute approximate surface area is 208 Å². The van der Waals surface area contributed by atoms with Gasteiger partial charge in [-0.25, -0.2) is 4.98 Å². The molecule has 35 heavy (non-hydrogen) atoms. The number of hydrogen-bond acceptors (Lipinski definition) is 6. The number of aliphatic hydroxyl groups is 1. The average Bonchev–Trinajstić information content (AvgIpc) is 3.55. The molecule has 4 heterocycles. The highest BCUT2D eigenvalue weighted by atomic mass is 35.5. The fourth-order valence-corrected chi connectivity index (χ4v) is 5.12. The summed E-state index contributed by atoms with van der Waals surface area (Å²) in [5.74, 6) is 0.00831. The molecule has 2 aromatic carbocycles. The molecule has 0 bridgehead atoms. The maximum Gasteiger partial charge on any atom is 0.296 e. The van der Waals surface area contributed by atoms with Crippen LogP contribution in [0.1, 0.15) is 13.8 Å². The van der Waals surface area contributed by atoms with E-state index in [2.05, 4.69) is 34.2 Å². The third kappa shape index (κ3) is 3.89. The quantitative estimate of drug-likeness (QED) is 0.413. The number of nitrogens with zero attached hydrogens (tertiary/aromatic N) is 2. The molecule has 0 aliphatic carbocycles. The third-order valence-electron chi connectivity index (χ3n) is 7.04. The number of H-pyrrole nitrogens is 1. The fraction of sp³-hybridized carbons (Fsp3) is 0.333. The smallest absolute Gasteiger partial charge is 0.296 e. The number of aromatic nitrogens is 3. The molecule has 4 atom stereocenters. The van der Waals surface area contributed by atoms with Crippen molar-refractivity contribution in [2.75, 3.05) is 13.2 Å². The molecule has 4 aromatic rings. The van der Waals surface area contributed by atoms with E-state index in [1.54, 1.807) is 0 Å². The minimum Gasteiger partial charge on any atom is -0.456 e. The van der Waals surface area contributed by atoms with Crippen molar-refractivity contribution in [2.24, 2.45) is 5.92 Å². The van der Waals surface area contributed by atoms with Crippen LogP contribution in [0.4, 0.5) is 0 Å². The molecule has 2 saturated heterocycles. The molecule has 0 amide bonds. The van der Waals surface area contributed by atoms with Gasteiger partial charge in [0.15, 0.2) is 11.8 Å². The number of halogens is 1. The number of ether oxygens (including phenoxy) is 3. The van der Waals surface area contributed by atoms with E-state index in [0.29, 0.717) is 34.5 Å². The maximum atomic E-state index is 10.9. The Morgan fingerprint density at radius 3 is 2.49 bits per heavy atom. The molecule has 2 fully saturated rings. The van der Waals surface area contributed by atoms with Crippen LogP contribution in [0.5, 0.6) is 6.01 Å². The molecule has 8 heteroatoms. The fourth-order valence-electron chi connectivity index (χ4n) is 4.86. The molecule has 0 spiro atoms. The molecule has 7 nitrogen and oxygen atoms in total. The number of hydrogen-bond donors (Lipinski definition) is 2. The van der Waals surface area contributed by atoms with E-state index in [1.807, 2.05) is 50.2 Å². The second-order valence-corrected chi connectivity index (χ2v) is 9.91. The van der Waals surface area contributed by atoms with Crippen molar-refractivity contribution in [2.45, 2.75) is 37.8 Å². The molecule has 2 aliphatic heterocycles. The highest BCUT2D eigenvalue weighted by Gasteiger charge is 2.58. The summed E-state index contributed by atoms with van der Waals surface area (Å²) in [7, 11) is 0. The van der Waals surface area contributed by atoms with Gasteiger partial charge in [-0.3, -0.25) is 0 Å². The molecular weight excluding hydrogens is 466 g/mol. The van der Waals surface area contributed by atoms with E-state index in [4.69, 9.17) is 30.8 Å². The van der Waals surface area contributed by atoms with Gasteiger partial charge in [0.2, 0.25) is 0 Å². The first-order valence-electron chi connectivity index (χ1n) is 11.8. The van der Waals surface area contributed by atoms with Crippen LogP contribution < -0.4 is 4.74 Å². The number of imidazole rings is 1. The summed E-state index contributed by atoms with van der Waals surface area (Å²) in [5, 5.41) is 11.5. The van der Waals surface area contributed by atoms with Crippen molar-refractivity contribution in [3.05, 3.63) is 65.7 Å². The van der Waals surface area contributed by atoms with E-state index in [1.165, 1.54) is 0 Å². The van der Waals surface area contributed by atoms with E-state index in [0.717, 1.165) is 16.7 Å². The number of aromatic amines is 1. The van der Waals surface area contributed by atoms with Crippen LogP contribution in [-0.2, 0) is 9.47 Å². The predicted molar refractivity (Wildman–Crippen MR) is 133 cm³/mol. The second-order valence-electron chi connectivity index (χ2n) is 9.51. The molecule has 6 rings (SSSR count). The van der Waals surface area contributed by atoms with Gasteiger partial charge in [-0.15, -0.1) is 0 Å². The average molecular weight is 492 g/mol. The summed E-state index contributed by atoms with van der Waals surface area (Å²) >= 11 is 6.59. The van der Waals surface area contributed by atoms with E-state index < -0.39 is 11.7 Å². The molecule has 2 aliphatic rings. The summed E-state index contributed by atoms with van der Waals surface area (Å²) in [6, 6.07) is 20.5. The van der Waals surface area contributed by atoms with Crippen LogP contribution >= 0.6 is 11.6 Å². The van der Waals surface area contributed by atoms with Gasteiger partial charge in [-0.05, 0) is 23.1 Å². The monoisotopic (exact) mass is 491 g/mol. The van der Waals surface area contributed by atoms with Gasteiger partial charge in [0, 0.05) is 5.56 Å². The van der Waals surface area contributed by atoms with Gasteiger partial charge < -0.3 is 24.3 Å². The first-order valence-corrected chi connectivity index (χ1v) is 12.1. The van der Waals surface area contributed by atoms with Crippen LogP contribution in [0.3, 0.4) is 0 Å². The normalized spacial score (nSPS) is 25.9. The Bertz CT molecular complexity index is 1360. The molecule has 0 unspecified atom stereocenters. The van der Waals surface area contributed by atoms with Crippen molar-refractivity contribution in [1.82, 2.24) is 15.0 Å². The standard InChI is InChI=1S/C27H26ClN3O4/c1-15(2)27(32)14-34-23-21(13-33-24(23)27)35-26-29-20-12-19(28)22(30-25(20)31-26)18-10-8-17(9-11-18)16-6-4-3-5-7-16/h3-12,15,21,23-24,32H,13-14H2,1-2H3,(H,29,30,31)/t21-,23-,24+,27+/m1/s1. The molecule has 180 valence electrons. The summed E-state index contributed by atoms with van der Waals surface area (Å²) < 4.78 is 17.8. The Morgan fingerprint density at radius 1 is 1.03 bits per heavy atom. The summed E-state index contributed by atoms with van der Waals surface area (Å²) in [4.78, 5) is 12.4. The SMILES string of the molecule is CC(C)[C@@]1(O)CO[C@@H]2[C@H](Oc3nc4nc(-c5ccc(-c6ccccc6)cc5)c(Cl)cc4[nH]3)CO[C@@H]21. The zero-order valence-corrected chi connectivity index (χ0v) is 20.2. The van der Waals surface area contributed by atoms with Crippen molar-refractivity contribution in [3.63, 3.8) is 0 Å². The first kappa shape index (κ1) is 22.5. The predicted octanol–water partition coefficient (Wildman–Crippen LogP) is 4.88. The van der Waals surface area contributed by atoms with Crippen molar-refractivity contribution >= 4 is 22.8 Å². The highest BCUT2D eigenvalue weighted by molar-refractivity contribution is 6.33. The molecule has 2 aromatic heterocycles. The van der Waals surface area contributed by atoms with Crippen molar-refractivity contribution < 1.29 is 19.3 Å². The van der Waals surface area contributed by atoms with Gasteiger partial charge in [-0.1, -0.05) is 80.0 Å². The van der Waals surface area contributed by atoms with Crippen LogP contribution in [0.25, 0.3) is 33.5 Å². The van der Waals surface area contributed by atoms with Crippen LogP contribution in [0, 0.1) is 5.92 Å². The number of benzene rings is 2. The Kier molecular flexibility index (Phi) is 5.53. The number of nitrogens with one attached hydrogen (secondary N) is 1. The largest absolute Gasteiger partial charge is 0.456 e. The van der Waals surface area contributed by atoms with Crippen LogP contribution in [-0.4, -0.2) is 57.2 Å². The first-order chi connectivity index (χ1) is 16.9. The minimum absolute atomic E-state index is 0.00831. The lowest BCUT2D eigenvalue weighted by Gasteiger charge is -2.30. The molecule has 0 radical (unpaired) electrons. The Morgan fingerprint density at radius 2 is 1.74 bits per heavy atom. The van der Waals surface area contributed by atoms with Gasteiger partial charge in [0.25, 0.3) is 6.01 Å². The van der Waals surface area contributed by atoms with Gasteiger partial charge >= 0.3 is 0 Å². The zero-order chi connectivity index (χ0) is 24.2. The highest BCUT2D eigenvalue weighted by Crippen LogP contribution is 2.40. The number of rotatable bonds is 5. The topological polar surface area (TPSA) is 89.5 Å². The van der Waals surface area contributed by atoms with E-state index >= 15 is 0 Å². The van der Waals surface area contributed by atoms with Crippen LogP contribution in [0.2, 0.25) is 5.02 Å². The van der Waals surface area contributed by atoms with Gasteiger partial charge in [-0.2, -0.15) is 4.98 Å². The Balaban J connectivity index is 1.23. The summed E-state index contributed by atoms with van der Waals surface area (Å²) in [5.41, 5.74) is 4.00. The maximum absolute atomic E-state index is 10.9. The molecule has 2 N–H and O–H groups in total. The lowest BCUT2D eigenvalue weighted by atomic mass is 9.85. The lowest BCUT2D eigenvalue weighted by Crippen LogP contribution is -2.48. The third-order valence-corrected chi connectivity index (χ3v) is 7.33.